The van der Waals surface area contributed by atoms with E-state index < -0.39 is 0 Å². The minimum atomic E-state index is -0.307. The monoisotopic (exact) mass is 369 g/mol. The van der Waals surface area contributed by atoms with E-state index in [1.165, 1.54) is 43.4 Å². The lowest BCUT2D eigenvalue weighted by Crippen LogP contribution is -2.33. The second-order valence-electron chi connectivity index (χ2n) is 7.31. The summed E-state index contributed by atoms with van der Waals surface area (Å²) in [7, 11) is 1.69. The van der Waals surface area contributed by atoms with E-state index in [0.717, 1.165) is 18.7 Å². The molecule has 1 N–H and O–H groups in total. The first kappa shape index (κ1) is 19.6. The molecule has 3 nitrogen and oxygen atoms in total. The number of nitrogens with one attached hydrogen (secondary N) is 1. The Morgan fingerprint density at radius 2 is 1.70 bits per heavy atom. The SMILES string of the molecule is COc1ccc(C2CCC(NCCCC(=O)c3ccc(F)cc3)CC2)cc1. The van der Waals surface area contributed by atoms with Crippen LogP contribution in [0.25, 0.3) is 0 Å². The lowest BCUT2D eigenvalue weighted by molar-refractivity contribution is 0.0979. The molecule has 0 radical (unpaired) electrons. The third-order valence-electron chi connectivity index (χ3n) is 5.49. The summed E-state index contributed by atoms with van der Waals surface area (Å²) in [5, 5.41) is 3.60. The van der Waals surface area contributed by atoms with Crippen LogP contribution in [0.3, 0.4) is 0 Å². The van der Waals surface area contributed by atoms with Gasteiger partial charge in [-0.3, -0.25) is 4.79 Å². The van der Waals surface area contributed by atoms with Crippen LogP contribution in [-0.2, 0) is 0 Å². The highest BCUT2D eigenvalue weighted by atomic mass is 19.1. The maximum Gasteiger partial charge on any atom is 0.162 e. The van der Waals surface area contributed by atoms with Crippen molar-refractivity contribution in [2.75, 3.05) is 13.7 Å². The summed E-state index contributed by atoms with van der Waals surface area (Å²) in [5.74, 6) is 1.32. The van der Waals surface area contributed by atoms with Gasteiger partial charge in [-0.15, -0.1) is 0 Å². The smallest absolute Gasteiger partial charge is 0.162 e. The van der Waals surface area contributed by atoms with Crippen molar-refractivity contribution in [3.05, 3.63) is 65.5 Å². The van der Waals surface area contributed by atoms with Crippen LogP contribution < -0.4 is 10.1 Å². The van der Waals surface area contributed by atoms with E-state index in [1.807, 2.05) is 12.1 Å². The molecule has 0 saturated heterocycles. The largest absolute Gasteiger partial charge is 0.497 e. The van der Waals surface area contributed by atoms with Gasteiger partial charge in [0.05, 0.1) is 7.11 Å². The van der Waals surface area contributed by atoms with Crippen LogP contribution in [0.1, 0.15) is 60.4 Å². The summed E-state index contributed by atoms with van der Waals surface area (Å²) in [5.41, 5.74) is 2.00. The molecule has 4 heteroatoms. The number of ketones is 1. The average Bonchev–Trinajstić information content (AvgIpc) is 2.72. The molecule has 27 heavy (non-hydrogen) atoms. The fourth-order valence-corrected chi connectivity index (χ4v) is 3.84. The molecule has 0 atom stereocenters. The van der Waals surface area contributed by atoms with Gasteiger partial charge in [0.25, 0.3) is 0 Å². The van der Waals surface area contributed by atoms with Gasteiger partial charge >= 0.3 is 0 Å². The summed E-state index contributed by atoms with van der Waals surface area (Å²) < 4.78 is 18.1. The van der Waals surface area contributed by atoms with Crippen molar-refractivity contribution < 1.29 is 13.9 Å². The third kappa shape index (κ3) is 5.64. The number of carbonyl (C=O) groups is 1. The van der Waals surface area contributed by atoms with Crippen molar-refractivity contribution in [1.82, 2.24) is 5.32 Å². The van der Waals surface area contributed by atoms with E-state index in [4.69, 9.17) is 4.74 Å². The standard InChI is InChI=1S/C23H28FNO2/c1-27-22-14-8-18(9-15-22)17-6-12-21(13-7-17)25-16-2-3-23(26)19-4-10-20(24)11-5-19/h4-5,8-11,14-15,17,21,25H,2-3,6-7,12-13,16H2,1H3. The number of benzene rings is 2. The van der Waals surface area contributed by atoms with Gasteiger partial charge < -0.3 is 10.1 Å². The van der Waals surface area contributed by atoms with Gasteiger partial charge in [-0.2, -0.15) is 0 Å². The van der Waals surface area contributed by atoms with Crippen LogP contribution in [0, 0.1) is 5.82 Å². The number of hydrogen-bond donors (Lipinski definition) is 1. The van der Waals surface area contributed by atoms with E-state index in [0.29, 0.717) is 23.9 Å². The molecular weight excluding hydrogens is 341 g/mol. The average molecular weight is 369 g/mol. The fourth-order valence-electron chi connectivity index (χ4n) is 3.84. The normalized spacial score (nSPS) is 19.6. The van der Waals surface area contributed by atoms with Gasteiger partial charge in [0.15, 0.2) is 5.78 Å². The summed E-state index contributed by atoms with van der Waals surface area (Å²) in [6, 6.07) is 14.8. The Balaban J connectivity index is 1.34. The lowest BCUT2D eigenvalue weighted by Gasteiger charge is -2.29. The highest BCUT2D eigenvalue weighted by Gasteiger charge is 2.22. The van der Waals surface area contributed by atoms with Crippen molar-refractivity contribution in [1.29, 1.82) is 0 Å². The molecule has 1 fully saturated rings. The predicted molar refractivity (Wildman–Crippen MR) is 106 cm³/mol. The number of carbonyl (C=O) groups excluding carboxylic acids is 1. The van der Waals surface area contributed by atoms with E-state index in [1.54, 1.807) is 19.2 Å². The van der Waals surface area contributed by atoms with Crippen LogP contribution in [0.4, 0.5) is 4.39 Å². The van der Waals surface area contributed by atoms with Crippen molar-refractivity contribution in [2.24, 2.45) is 0 Å². The summed E-state index contributed by atoms with van der Waals surface area (Å²) >= 11 is 0. The number of methoxy groups -OCH3 is 1. The Hall–Kier alpha value is -2.20. The number of ether oxygens (including phenoxy) is 1. The molecule has 0 amide bonds. The van der Waals surface area contributed by atoms with Gasteiger partial charge in [0.2, 0.25) is 0 Å². The van der Waals surface area contributed by atoms with Gasteiger partial charge in [-0.05, 0) is 86.5 Å². The maximum atomic E-state index is 12.9. The molecule has 0 spiro atoms. The molecule has 0 aromatic heterocycles. The molecule has 3 rings (SSSR count). The van der Waals surface area contributed by atoms with Gasteiger partial charge in [-0.25, -0.2) is 4.39 Å². The molecule has 0 unspecified atom stereocenters. The van der Waals surface area contributed by atoms with Crippen LogP contribution in [0.5, 0.6) is 5.75 Å². The Morgan fingerprint density at radius 1 is 1.04 bits per heavy atom. The molecule has 2 aromatic carbocycles. The van der Waals surface area contributed by atoms with Crippen molar-refractivity contribution in [3.8, 4) is 5.75 Å². The van der Waals surface area contributed by atoms with Crippen molar-refractivity contribution in [3.63, 3.8) is 0 Å². The molecule has 0 aliphatic heterocycles. The molecule has 1 aliphatic rings. The van der Waals surface area contributed by atoms with Crippen molar-refractivity contribution >= 4 is 5.78 Å². The molecule has 0 bridgehead atoms. The van der Waals surface area contributed by atoms with Crippen LogP contribution in [0.2, 0.25) is 0 Å². The fraction of sp³-hybridized carbons (Fsp3) is 0.435. The second-order valence-corrected chi connectivity index (χ2v) is 7.31. The molecule has 144 valence electrons. The third-order valence-corrected chi connectivity index (χ3v) is 5.49. The summed E-state index contributed by atoms with van der Waals surface area (Å²) in [6.07, 6.45) is 6.04. The molecular formula is C23H28FNO2. The topological polar surface area (TPSA) is 38.3 Å². The Kier molecular flexibility index (Phi) is 6.99. The van der Waals surface area contributed by atoms with Gasteiger partial charge in [-0.1, -0.05) is 12.1 Å². The number of rotatable bonds is 8. The highest BCUT2D eigenvalue weighted by molar-refractivity contribution is 5.95. The minimum absolute atomic E-state index is 0.0833. The van der Waals surface area contributed by atoms with Crippen LogP contribution in [0.15, 0.2) is 48.5 Å². The first-order chi connectivity index (χ1) is 13.2. The van der Waals surface area contributed by atoms with Gasteiger partial charge in [0.1, 0.15) is 11.6 Å². The van der Waals surface area contributed by atoms with E-state index >= 15 is 0 Å². The second kappa shape index (κ2) is 9.65. The van der Waals surface area contributed by atoms with Crippen LogP contribution >= 0.6 is 0 Å². The lowest BCUT2D eigenvalue weighted by atomic mass is 9.81. The first-order valence-corrected chi connectivity index (χ1v) is 9.82. The molecule has 1 aliphatic carbocycles. The Bertz CT molecular complexity index is 719. The van der Waals surface area contributed by atoms with E-state index in [9.17, 15) is 9.18 Å². The molecule has 2 aromatic rings. The quantitative estimate of drug-likeness (QED) is 0.519. The zero-order valence-electron chi connectivity index (χ0n) is 15.9. The number of hydrogen-bond acceptors (Lipinski definition) is 3. The molecule has 0 heterocycles. The minimum Gasteiger partial charge on any atom is -0.497 e. The summed E-state index contributed by atoms with van der Waals surface area (Å²) in [4.78, 5) is 12.1. The number of Topliss-reactive ketones (excluding diaryl/α,β-unsaturated/α-hetero) is 1. The van der Waals surface area contributed by atoms with E-state index in [2.05, 4.69) is 17.4 Å². The van der Waals surface area contributed by atoms with Gasteiger partial charge in [0, 0.05) is 18.0 Å². The number of halogens is 1. The maximum absolute atomic E-state index is 12.9. The highest BCUT2D eigenvalue weighted by Crippen LogP contribution is 2.33. The zero-order chi connectivity index (χ0) is 19.1. The zero-order valence-corrected chi connectivity index (χ0v) is 15.9. The Morgan fingerprint density at radius 3 is 2.33 bits per heavy atom. The first-order valence-electron chi connectivity index (χ1n) is 9.82. The predicted octanol–water partition coefficient (Wildman–Crippen LogP) is 5.11. The van der Waals surface area contributed by atoms with Crippen molar-refractivity contribution in [2.45, 2.75) is 50.5 Å². The Labute approximate surface area is 160 Å². The van der Waals surface area contributed by atoms with E-state index in [-0.39, 0.29) is 11.6 Å². The molecule has 1 saturated carbocycles. The summed E-state index contributed by atoms with van der Waals surface area (Å²) in [6.45, 7) is 0.852. The van der Waals surface area contributed by atoms with Crippen LogP contribution in [-0.4, -0.2) is 25.5 Å².